The molecule has 0 aliphatic carbocycles. The summed E-state index contributed by atoms with van der Waals surface area (Å²) in [6, 6.07) is 11.4. The zero-order valence-electron chi connectivity index (χ0n) is 21.0. The van der Waals surface area contributed by atoms with Gasteiger partial charge in [0.1, 0.15) is 11.5 Å². The molecule has 1 unspecified atom stereocenters. The first-order chi connectivity index (χ1) is 16.8. The molecule has 1 aliphatic heterocycles. The Labute approximate surface area is 206 Å². The number of ether oxygens (including phenoxy) is 3. The number of ketones is 1. The number of aliphatic hydroxyl groups is 1. The maximum atomic E-state index is 13.2. The first kappa shape index (κ1) is 26.1. The highest BCUT2D eigenvalue weighted by atomic mass is 16.5. The number of amides is 1. The number of carbonyl (C=O) groups excluding carboxylic acids is 2. The normalized spacial score (nSPS) is 17.2. The minimum Gasteiger partial charge on any atom is -0.507 e. The van der Waals surface area contributed by atoms with Crippen LogP contribution in [0.1, 0.15) is 37.4 Å². The molecule has 0 aromatic heterocycles. The Morgan fingerprint density at radius 1 is 1.06 bits per heavy atom. The van der Waals surface area contributed by atoms with Crippen molar-refractivity contribution in [2.24, 2.45) is 0 Å². The summed E-state index contributed by atoms with van der Waals surface area (Å²) in [4.78, 5) is 29.8. The van der Waals surface area contributed by atoms with Crippen LogP contribution in [0.25, 0.3) is 5.76 Å². The third-order valence-electron chi connectivity index (χ3n) is 5.71. The Morgan fingerprint density at radius 3 is 2.49 bits per heavy atom. The number of methoxy groups -OCH3 is 1. The highest BCUT2D eigenvalue weighted by molar-refractivity contribution is 6.46. The van der Waals surface area contributed by atoms with Crippen LogP contribution in [-0.4, -0.2) is 74.1 Å². The minimum absolute atomic E-state index is 0.0348. The molecule has 8 nitrogen and oxygen atoms in total. The molecular formula is C27H34N2O6. The van der Waals surface area contributed by atoms with E-state index in [0.29, 0.717) is 54.7 Å². The lowest BCUT2D eigenvalue weighted by Crippen LogP contribution is -2.35. The highest BCUT2D eigenvalue weighted by Crippen LogP contribution is 2.42. The van der Waals surface area contributed by atoms with Crippen LogP contribution in [-0.2, 0) is 9.59 Å². The van der Waals surface area contributed by atoms with Gasteiger partial charge in [0.2, 0.25) is 0 Å². The van der Waals surface area contributed by atoms with E-state index in [-0.39, 0.29) is 11.3 Å². The Morgan fingerprint density at radius 2 is 1.83 bits per heavy atom. The van der Waals surface area contributed by atoms with Gasteiger partial charge in [-0.25, -0.2) is 0 Å². The van der Waals surface area contributed by atoms with Crippen molar-refractivity contribution in [1.82, 2.24) is 9.80 Å². The fraction of sp³-hybridized carbons (Fsp3) is 0.407. The lowest BCUT2D eigenvalue weighted by Gasteiger charge is -2.27. The van der Waals surface area contributed by atoms with Gasteiger partial charge >= 0.3 is 0 Å². The van der Waals surface area contributed by atoms with E-state index in [2.05, 4.69) is 0 Å². The second-order valence-corrected chi connectivity index (χ2v) is 8.52. The predicted molar refractivity (Wildman–Crippen MR) is 134 cm³/mol. The molecule has 0 spiro atoms. The quantitative estimate of drug-likeness (QED) is 0.296. The van der Waals surface area contributed by atoms with Crippen LogP contribution in [0, 0.1) is 0 Å². The van der Waals surface area contributed by atoms with Crippen LogP contribution in [0.2, 0.25) is 0 Å². The molecular weight excluding hydrogens is 448 g/mol. The predicted octanol–water partition coefficient (Wildman–Crippen LogP) is 3.87. The van der Waals surface area contributed by atoms with Gasteiger partial charge < -0.3 is 29.1 Å². The standard InChI is InChI=1S/C27H34N2O6/c1-6-15-35-20-10-8-9-19(16-20)25(30)23-24(29(14-13-28(3)4)27(32)26(23)31)18-11-12-21(34-7-2)22(17-18)33-5/h8-12,16-17,24,30H,6-7,13-15H2,1-5H3. The summed E-state index contributed by atoms with van der Waals surface area (Å²) in [5.74, 6) is 0.0124. The Kier molecular flexibility index (Phi) is 8.76. The minimum atomic E-state index is -0.778. The van der Waals surface area contributed by atoms with E-state index >= 15 is 0 Å². The number of likely N-dealkylation sites (tertiary alicyclic amines) is 1. The number of aliphatic hydroxyl groups excluding tert-OH is 1. The summed E-state index contributed by atoms with van der Waals surface area (Å²) in [5.41, 5.74) is 1.09. The Bertz CT molecular complexity index is 1090. The molecule has 0 saturated carbocycles. The molecule has 1 heterocycles. The molecule has 3 rings (SSSR count). The van der Waals surface area contributed by atoms with Gasteiger partial charge in [-0.3, -0.25) is 9.59 Å². The second kappa shape index (κ2) is 11.8. The molecule has 0 bridgehead atoms. The van der Waals surface area contributed by atoms with Crippen LogP contribution >= 0.6 is 0 Å². The van der Waals surface area contributed by atoms with Crippen molar-refractivity contribution in [1.29, 1.82) is 0 Å². The summed E-state index contributed by atoms with van der Waals surface area (Å²) >= 11 is 0. The Hall–Kier alpha value is -3.52. The van der Waals surface area contributed by atoms with Crippen molar-refractivity contribution in [3.63, 3.8) is 0 Å². The number of Topliss-reactive ketones (excluding diaryl/α,β-unsaturated/α-hetero) is 1. The number of likely N-dealkylation sites (N-methyl/N-ethyl adjacent to an activating group) is 1. The van der Waals surface area contributed by atoms with Gasteiger partial charge in [-0.1, -0.05) is 25.1 Å². The number of benzene rings is 2. The van der Waals surface area contributed by atoms with E-state index in [1.165, 1.54) is 12.0 Å². The van der Waals surface area contributed by atoms with Crippen LogP contribution < -0.4 is 14.2 Å². The molecule has 188 valence electrons. The number of carbonyl (C=O) groups is 2. The van der Waals surface area contributed by atoms with Crippen LogP contribution in [0.15, 0.2) is 48.0 Å². The average Bonchev–Trinajstić information content (AvgIpc) is 3.11. The molecule has 35 heavy (non-hydrogen) atoms. The zero-order valence-corrected chi connectivity index (χ0v) is 21.0. The third-order valence-corrected chi connectivity index (χ3v) is 5.71. The Balaban J connectivity index is 2.14. The van der Waals surface area contributed by atoms with E-state index in [4.69, 9.17) is 14.2 Å². The molecule has 0 radical (unpaired) electrons. The lowest BCUT2D eigenvalue weighted by molar-refractivity contribution is -0.140. The summed E-state index contributed by atoms with van der Waals surface area (Å²) < 4.78 is 16.8. The summed E-state index contributed by atoms with van der Waals surface area (Å²) in [7, 11) is 5.33. The van der Waals surface area contributed by atoms with Crippen molar-refractivity contribution in [3.8, 4) is 17.2 Å². The maximum Gasteiger partial charge on any atom is 0.295 e. The molecule has 2 aromatic carbocycles. The van der Waals surface area contributed by atoms with Crippen molar-refractivity contribution >= 4 is 17.4 Å². The largest absolute Gasteiger partial charge is 0.507 e. The monoisotopic (exact) mass is 482 g/mol. The number of hydrogen-bond acceptors (Lipinski definition) is 7. The van der Waals surface area contributed by atoms with Gasteiger partial charge in [-0.15, -0.1) is 0 Å². The molecule has 1 N–H and O–H groups in total. The first-order valence-electron chi connectivity index (χ1n) is 11.8. The average molecular weight is 483 g/mol. The van der Waals surface area contributed by atoms with Gasteiger partial charge in [0, 0.05) is 18.7 Å². The maximum absolute atomic E-state index is 13.2. The van der Waals surface area contributed by atoms with E-state index in [9.17, 15) is 14.7 Å². The van der Waals surface area contributed by atoms with Gasteiger partial charge in [-0.2, -0.15) is 0 Å². The van der Waals surface area contributed by atoms with Crippen LogP contribution in [0.3, 0.4) is 0 Å². The number of hydrogen-bond donors (Lipinski definition) is 1. The van der Waals surface area contributed by atoms with E-state index in [1.807, 2.05) is 32.8 Å². The molecule has 1 amide bonds. The van der Waals surface area contributed by atoms with E-state index < -0.39 is 17.7 Å². The summed E-state index contributed by atoms with van der Waals surface area (Å²) in [5, 5.41) is 11.3. The van der Waals surface area contributed by atoms with E-state index in [0.717, 1.165) is 6.42 Å². The van der Waals surface area contributed by atoms with Crippen LogP contribution in [0.5, 0.6) is 17.2 Å². The number of rotatable bonds is 11. The fourth-order valence-corrected chi connectivity index (χ4v) is 4.00. The third kappa shape index (κ3) is 5.77. The van der Waals surface area contributed by atoms with Gasteiger partial charge in [-0.05, 0) is 57.3 Å². The topological polar surface area (TPSA) is 88.5 Å². The smallest absolute Gasteiger partial charge is 0.295 e. The molecule has 1 aliphatic rings. The second-order valence-electron chi connectivity index (χ2n) is 8.52. The summed E-state index contributed by atoms with van der Waals surface area (Å²) in [6.45, 7) is 5.75. The number of nitrogens with zero attached hydrogens (tertiary/aromatic N) is 2. The molecule has 1 fully saturated rings. The SMILES string of the molecule is CCCOc1cccc(C(O)=C2C(=O)C(=O)N(CCN(C)C)C2c2ccc(OCC)c(OC)c2)c1. The lowest BCUT2D eigenvalue weighted by atomic mass is 9.95. The van der Waals surface area contributed by atoms with Crippen molar-refractivity contribution in [2.75, 3.05) is 47.5 Å². The van der Waals surface area contributed by atoms with Crippen LogP contribution in [0.4, 0.5) is 0 Å². The van der Waals surface area contributed by atoms with Crippen molar-refractivity contribution in [2.45, 2.75) is 26.3 Å². The molecule has 1 atom stereocenters. The van der Waals surface area contributed by atoms with Gasteiger partial charge in [0.05, 0.1) is 31.9 Å². The van der Waals surface area contributed by atoms with Gasteiger partial charge in [0.25, 0.3) is 11.7 Å². The summed E-state index contributed by atoms with van der Waals surface area (Å²) in [6.07, 6.45) is 0.840. The fourth-order valence-electron chi connectivity index (χ4n) is 4.00. The highest BCUT2D eigenvalue weighted by Gasteiger charge is 2.46. The molecule has 1 saturated heterocycles. The zero-order chi connectivity index (χ0) is 25.5. The van der Waals surface area contributed by atoms with Crippen molar-refractivity contribution in [3.05, 3.63) is 59.2 Å². The van der Waals surface area contributed by atoms with Gasteiger partial charge in [0.15, 0.2) is 11.5 Å². The molecule has 8 heteroatoms. The van der Waals surface area contributed by atoms with E-state index in [1.54, 1.807) is 42.5 Å². The van der Waals surface area contributed by atoms with Crippen molar-refractivity contribution < 1.29 is 28.9 Å². The first-order valence-corrected chi connectivity index (χ1v) is 11.8. The molecule has 2 aromatic rings.